The number of H-pyrrole nitrogens is 1. The maximum absolute atomic E-state index is 11.3. The van der Waals surface area contributed by atoms with Gasteiger partial charge in [0.1, 0.15) is 5.71 Å². The molecule has 7 heteroatoms. The number of aromatic nitrogens is 2. The summed E-state index contributed by atoms with van der Waals surface area (Å²) in [7, 11) is 0. The van der Waals surface area contributed by atoms with Crippen molar-refractivity contribution >= 4 is 29.5 Å². The highest BCUT2D eigenvalue weighted by Gasteiger charge is 2.15. The van der Waals surface area contributed by atoms with Crippen LogP contribution in [0.5, 0.6) is 0 Å². The number of carbonyl (C=O) groups excluding carboxylic acids is 1. The van der Waals surface area contributed by atoms with E-state index in [0.717, 1.165) is 0 Å². The standard InChI is InChI=1S/C7H7N5O2/c8-7-11-5-4(6(14)12-7)10-3(2-13)1-9-5/h2H,1H2,(H4,8,9,11,12,14). The molecule has 1 aliphatic rings. The van der Waals surface area contributed by atoms with E-state index in [4.69, 9.17) is 5.73 Å². The Kier molecular flexibility index (Phi) is 1.77. The smallest absolute Gasteiger partial charge is 0.280 e. The van der Waals surface area contributed by atoms with Gasteiger partial charge in [-0.15, -0.1) is 0 Å². The maximum Gasteiger partial charge on any atom is 0.280 e. The normalized spacial score (nSPS) is 13.9. The number of nitrogens with one attached hydrogen (secondary N) is 2. The number of carbonyl (C=O) groups is 1. The lowest BCUT2D eigenvalue weighted by atomic mass is 10.3. The van der Waals surface area contributed by atoms with Crippen LogP contribution in [0, 0.1) is 0 Å². The van der Waals surface area contributed by atoms with E-state index in [9.17, 15) is 9.59 Å². The van der Waals surface area contributed by atoms with Crippen LogP contribution in [0.25, 0.3) is 0 Å². The minimum Gasteiger partial charge on any atom is -0.369 e. The predicted molar refractivity (Wildman–Crippen MR) is 50.9 cm³/mol. The Morgan fingerprint density at radius 3 is 3.00 bits per heavy atom. The molecule has 0 radical (unpaired) electrons. The Bertz CT molecular complexity index is 475. The third-order valence-electron chi connectivity index (χ3n) is 1.74. The average molecular weight is 193 g/mol. The Morgan fingerprint density at radius 2 is 2.29 bits per heavy atom. The molecule has 2 rings (SSSR count). The van der Waals surface area contributed by atoms with Crippen LogP contribution in [0.1, 0.15) is 0 Å². The number of fused-ring (bicyclic) bond motifs is 1. The van der Waals surface area contributed by atoms with E-state index in [2.05, 4.69) is 20.3 Å². The summed E-state index contributed by atoms with van der Waals surface area (Å²) in [5, 5.41) is 2.77. The molecule has 0 spiro atoms. The van der Waals surface area contributed by atoms with Gasteiger partial charge in [0.2, 0.25) is 5.95 Å². The van der Waals surface area contributed by atoms with Crippen molar-refractivity contribution in [3.8, 4) is 0 Å². The number of rotatable bonds is 1. The van der Waals surface area contributed by atoms with Crippen LogP contribution in [0.4, 0.5) is 17.5 Å². The van der Waals surface area contributed by atoms with Crippen molar-refractivity contribution in [1.29, 1.82) is 0 Å². The van der Waals surface area contributed by atoms with Crippen LogP contribution in [0.2, 0.25) is 0 Å². The Balaban J connectivity index is 2.64. The Hall–Kier alpha value is -2.18. The van der Waals surface area contributed by atoms with Crippen LogP contribution >= 0.6 is 0 Å². The third-order valence-corrected chi connectivity index (χ3v) is 1.74. The van der Waals surface area contributed by atoms with Crippen molar-refractivity contribution in [2.45, 2.75) is 0 Å². The second-order valence-corrected chi connectivity index (χ2v) is 2.72. The number of nitrogen functional groups attached to an aromatic ring is 1. The van der Waals surface area contributed by atoms with E-state index < -0.39 is 5.56 Å². The molecule has 1 aromatic rings. The van der Waals surface area contributed by atoms with Gasteiger partial charge in [0, 0.05) is 0 Å². The number of aliphatic imine (C=N–C) groups is 1. The number of nitrogens with two attached hydrogens (primary N) is 1. The zero-order chi connectivity index (χ0) is 10.1. The zero-order valence-corrected chi connectivity index (χ0v) is 7.07. The molecule has 72 valence electrons. The number of hydrogen-bond donors (Lipinski definition) is 3. The van der Waals surface area contributed by atoms with E-state index in [1.165, 1.54) is 0 Å². The molecule has 0 saturated heterocycles. The first-order chi connectivity index (χ1) is 6.70. The van der Waals surface area contributed by atoms with Crippen molar-refractivity contribution in [2.75, 3.05) is 17.6 Å². The number of anilines is 2. The van der Waals surface area contributed by atoms with Gasteiger partial charge in [-0.2, -0.15) is 4.98 Å². The molecule has 0 aromatic carbocycles. The lowest BCUT2D eigenvalue weighted by Crippen LogP contribution is -2.24. The first-order valence-corrected chi connectivity index (χ1v) is 3.87. The molecular formula is C7H7N5O2. The van der Waals surface area contributed by atoms with Gasteiger partial charge >= 0.3 is 0 Å². The molecule has 0 saturated carbocycles. The van der Waals surface area contributed by atoms with Gasteiger partial charge in [0.25, 0.3) is 5.56 Å². The molecule has 0 fully saturated rings. The third kappa shape index (κ3) is 1.24. The molecule has 14 heavy (non-hydrogen) atoms. The van der Waals surface area contributed by atoms with Gasteiger partial charge in [-0.05, 0) is 0 Å². The summed E-state index contributed by atoms with van der Waals surface area (Å²) in [4.78, 5) is 31.7. The van der Waals surface area contributed by atoms with E-state index in [1.807, 2.05) is 0 Å². The molecule has 0 bridgehead atoms. The number of aldehydes is 1. The summed E-state index contributed by atoms with van der Waals surface area (Å²) in [6, 6.07) is 0. The van der Waals surface area contributed by atoms with Crippen LogP contribution in [-0.2, 0) is 4.79 Å². The summed E-state index contributed by atoms with van der Waals surface area (Å²) < 4.78 is 0. The van der Waals surface area contributed by atoms with Crippen molar-refractivity contribution in [1.82, 2.24) is 9.97 Å². The molecular weight excluding hydrogens is 186 g/mol. The van der Waals surface area contributed by atoms with Crippen LogP contribution < -0.4 is 16.6 Å². The highest BCUT2D eigenvalue weighted by atomic mass is 16.1. The van der Waals surface area contributed by atoms with E-state index in [-0.39, 0.29) is 23.9 Å². The van der Waals surface area contributed by atoms with E-state index >= 15 is 0 Å². The molecule has 4 N–H and O–H groups in total. The summed E-state index contributed by atoms with van der Waals surface area (Å²) in [5.41, 5.74) is 5.22. The quantitative estimate of drug-likeness (QED) is 0.497. The fraction of sp³-hybridized carbons (Fsp3) is 0.143. The highest BCUT2D eigenvalue weighted by molar-refractivity contribution is 6.31. The zero-order valence-electron chi connectivity index (χ0n) is 7.07. The Labute approximate surface area is 78.1 Å². The number of aromatic amines is 1. The SMILES string of the molecule is Nc1nc2c(c(=O)[nH]1)N=C(C=O)CN2. The summed E-state index contributed by atoms with van der Waals surface area (Å²) in [6.45, 7) is 0.256. The van der Waals surface area contributed by atoms with Gasteiger partial charge in [0.05, 0.1) is 6.54 Å². The molecule has 0 aliphatic carbocycles. The largest absolute Gasteiger partial charge is 0.369 e. The van der Waals surface area contributed by atoms with Gasteiger partial charge < -0.3 is 11.1 Å². The fourth-order valence-electron chi connectivity index (χ4n) is 1.14. The molecule has 0 atom stereocenters. The maximum atomic E-state index is 11.3. The number of nitrogens with zero attached hydrogens (tertiary/aromatic N) is 2. The van der Waals surface area contributed by atoms with Gasteiger partial charge in [-0.1, -0.05) is 0 Å². The summed E-state index contributed by atoms with van der Waals surface area (Å²) in [5.74, 6) is 0.322. The lowest BCUT2D eigenvalue weighted by molar-refractivity contribution is -0.102. The molecule has 1 aromatic heterocycles. The monoisotopic (exact) mass is 193 g/mol. The second kappa shape index (κ2) is 2.95. The van der Waals surface area contributed by atoms with Crippen molar-refractivity contribution in [3.63, 3.8) is 0 Å². The first kappa shape index (κ1) is 8.42. The average Bonchev–Trinajstić information content (AvgIpc) is 2.17. The van der Waals surface area contributed by atoms with Crippen LogP contribution in [0.3, 0.4) is 0 Å². The number of hydrogen-bond acceptors (Lipinski definition) is 6. The first-order valence-electron chi connectivity index (χ1n) is 3.87. The lowest BCUT2D eigenvalue weighted by Gasteiger charge is -2.12. The minimum atomic E-state index is -0.459. The summed E-state index contributed by atoms with van der Waals surface area (Å²) >= 11 is 0. The van der Waals surface area contributed by atoms with Crippen molar-refractivity contribution in [2.24, 2.45) is 4.99 Å². The predicted octanol–water partition coefficient (Wildman–Crippen LogP) is -0.951. The topological polar surface area (TPSA) is 113 Å². The summed E-state index contributed by atoms with van der Waals surface area (Å²) in [6.07, 6.45) is 0.589. The van der Waals surface area contributed by atoms with Gasteiger partial charge in [0.15, 0.2) is 17.8 Å². The van der Waals surface area contributed by atoms with Gasteiger partial charge in [-0.25, -0.2) is 4.99 Å². The van der Waals surface area contributed by atoms with Crippen molar-refractivity contribution < 1.29 is 4.79 Å². The fourth-order valence-corrected chi connectivity index (χ4v) is 1.14. The Morgan fingerprint density at radius 1 is 1.50 bits per heavy atom. The minimum absolute atomic E-state index is 0.0194. The van der Waals surface area contributed by atoms with E-state index in [0.29, 0.717) is 12.1 Å². The van der Waals surface area contributed by atoms with E-state index in [1.54, 1.807) is 0 Å². The highest BCUT2D eigenvalue weighted by Crippen LogP contribution is 2.20. The van der Waals surface area contributed by atoms with Crippen molar-refractivity contribution in [3.05, 3.63) is 10.4 Å². The molecule has 1 aliphatic heterocycles. The molecule has 0 amide bonds. The van der Waals surface area contributed by atoms with Crippen LogP contribution in [-0.4, -0.2) is 28.5 Å². The van der Waals surface area contributed by atoms with Gasteiger partial charge in [-0.3, -0.25) is 14.6 Å². The molecule has 2 heterocycles. The van der Waals surface area contributed by atoms with Crippen LogP contribution in [0.15, 0.2) is 9.79 Å². The molecule has 7 nitrogen and oxygen atoms in total. The second-order valence-electron chi connectivity index (χ2n) is 2.72. The molecule has 0 unspecified atom stereocenters.